The number of anilines is 1. The maximum absolute atomic E-state index is 12.3. The van der Waals surface area contributed by atoms with Gasteiger partial charge in [-0.2, -0.15) is 0 Å². The van der Waals surface area contributed by atoms with Crippen molar-refractivity contribution in [2.45, 2.75) is 32.1 Å². The van der Waals surface area contributed by atoms with Crippen LogP contribution in [0.4, 0.5) is 5.69 Å². The van der Waals surface area contributed by atoms with Crippen molar-refractivity contribution < 1.29 is 4.79 Å². The number of nitrogen functional groups attached to an aromatic ring is 1. The average Bonchev–Trinajstić information content (AvgIpc) is 2.98. The second kappa shape index (κ2) is 7.46. The minimum Gasteiger partial charge on any atom is -0.399 e. The van der Waals surface area contributed by atoms with Crippen LogP contribution in [0, 0.1) is 0 Å². The van der Waals surface area contributed by atoms with E-state index < -0.39 is 0 Å². The number of rotatable bonds is 6. The fraction of sp³-hybridized carbons (Fsp3) is 0.588. The van der Waals surface area contributed by atoms with Crippen LogP contribution in [0.15, 0.2) is 24.3 Å². The smallest absolute Gasteiger partial charge is 0.222 e. The topological polar surface area (TPSA) is 49.6 Å². The van der Waals surface area contributed by atoms with Gasteiger partial charge in [-0.3, -0.25) is 4.79 Å². The Morgan fingerprint density at radius 3 is 2.52 bits per heavy atom. The average molecular weight is 289 g/mol. The lowest BCUT2D eigenvalue weighted by Crippen LogP contribution is -2.35. The van der Waals surface area contributed by atoms with E-state index in [1.807, 2.05) is 36.2 Å². The highest BCUT2D eigenvalue weighted by atomic mass is 16.2. The zero-order valence-corrected chi connectivity index (χ0v) is 13.2. The number of hydrogen-bond acceptors (Lipinski definition) is 3. The summed E-state index contributed by atoms with van der Waals surface area (Å²) in [5.74, 6) is 0.450. The van der Waals surface area contributed by atoms with Gasteiger partial charge in [0.25, 0.3) is 0 Å². The van der Waals surface area contributed by atoms with E-state index >= 15 is 0 Å². The minimum absolute atomic E-state index is 0.221. The molecular formula is C17H27N3O. The molecule has 1 saturated heterocycles. The Morgan fingerprint density at radius 2 is 1.90 bits per heavy atom. The molecule has 1 atom stereocenters. The number of likely N-dealkylation sites (N-methyl/N-ethyl adjacent to an activating group) is 1. The lowest BCUT2D eigenvalue weighted by atomic mass is 9.97. The number of nitrogens with zero attached hydrogens (tertiary/aromatic N) is 2. The second-order valence-electron chi connectivity index (χ2n) is 6.14. The van der Waals surface area contributed by atoms with E-state index in [9.17, 15) is 4.79 Å². The van der Waals surface area contributed by atoms with Crippen molar-refractivity contribution in [2.75, 3.05) is 39.0 Å². The number of carbonyl (C=O) groups excluding carboxylic acids is 1. The Labute approximate surface area is 127 Å². The zero-order chi connectivity index (χ0) is 15.2. The van der Waals surface area contributed by atoms with Crippen LogP contribution in [0.3, 0.4) is 0 Å². The van der Waals surface area contributed by atoms with Gasteiger partial charge in [-0.05, 0) is 49.5 Å². The first kappa shape index (κ1) is 15.8. The molecule has 0 bridgehead atoms. The van der Waals surface area contributed by atoms with Gasteiger partial charge in [0.2, 0.25) is 5.91 Å². The Hall–Kier alpha value is -1.55. The second-order valence-corrected chi connectivity index (χ2v) is 6.14. The number of likely N-dealkylation sites (tertiary alicyclic amines) is 1. The van der Waals surface area contributed by atoms with Crippen LogP contribution in [0.1, 0.15) is 37.7 Å². The maximum Gasteiger partial charge on any atom is 0.222 e. The third-order valence-electron chi connectivity index (χ3n) is 4.36. The Balaban J connectivity index is 1.77. The Kier molecular flexibility index (Phi) is 5.62. The highest BCUT2D eigenvalue weighted by Gasteiger charge is 2.17. The fourth-order valence-corrected chi connectivity index (χ4v) is 2.78. The van der Waals surface area contributed by atoms with Gasteiger partial charge in [-0.1, -0.05) is 19.1 Å². The van der Waals surface area contributed by atoms with Crippen molar-refractivity contribution in [1.29, 1.82) is 0 Å². The number of benzene rings is 1. The maximum atomic E-state index is 12.3. The summed E-state index contributed by atoms with van der Waals surface area (Å²) >= 11 is 0. The monoisotopic (exact) mass is 289 g/mol. The van der Waals surface area contributed by atoms with Gasteiger partial charge in [0.1, 0.15) is 0 Å². The Morgan fingerprint density at radius 1 is 1.29 bits per heavy atom. The molecule has 1 aromatic rings. The largest absolute Gasteiger partial charge is 0.399 e. The third kappa shape index (κ3) is 4.74. The number of carbonyl (C=O) groups is 1. The first-order chi connectivity index (χ1) is 10.1. The van der Waals surface area contributed by atoms with Gasteiger partial charge >= 0.3 is 0 Å². The number of hydrogen-bond donors (Lipinski definition) is 1. The van der Waals surface area contributed by atoms with E-state index in [4.69, 9.17) is 5.73 Å². The first-order valence-corrected chi connectivity index (χ1v) is 7.88. The summed E-state index contributed by atoms with van der Waals surface area (Å²) in [6.45, 7) is 6.29. The van der Waals surface area contributed by atoms with E-state index in [1.54, 1.807) is 0 Å². The van der Waals surface area contributed by atoms with Crippen LogP contribution in [0.5, 0.6) is 0 Å². The quantitative estimate of drug-likeness (QED) is 0.818. The van der Waals surface area contributed by atoms with Crippen LogP contribution in [-0.2, 0) is 4.79 Å². The standard InChI is InChI=1S/C17H27N3O/c1-14(15-5-7-16(18)8-6-15)13-17(21)19(2)11-12-20-9-3-4-10-20/h5-8,14H,3-4,9-13,18H2,1-2H3. The molecule has 1 unspecified atom stereocenters. The molecule has 21 heavy (non-hydrogen) atoms. The van der Waals surface area contributed by atoms with Crippen LogP contribution in [0.2, 0.25) is 0 Å². The molecule has 116 valence electrons. The molecule has 0 aliphatic carbocycles. The SMILES string of the molecule is CC(CC(=O)N(C)CCN1CCCC1)c1ccc(N)cc1. The van der Waals surface area contributed by atoms with Gasteiger partial charge in [0.05, 0.1) is 0 Å². The molecular weight excluding hydrogens is 262 g/mol. The molecule has 1 aromatic carbocycles. The molecule has 2 N–H and O–H groups in total. The van der Waals surface area contributed by atoms with Gasteiger partial charge in [0.15, 0.2) is 0 Å². The third-order valence-corrected chi connectivity index (χ3v) is 4.36. The first-order valence-electron chi connectivity index (χ1n) is 7.88. The number of amides is 1. The van der Waals surface area contributed by atoms with E-state index in [1.165, 1.54) is 31.5 Å². The molecule has 1 aliphatic heterocycles. The fourth-order valence-electron chi connectivity index (χ4n) is 2.78. The molecule has 0 aromatic heterocycles. The Bertz CT molecular complexity index is 452. The van der Waals surface area contributed by atoms with E-state index in [0.717, 1.165) is 18.8 Å². The molecule has 4 nitrogen and oxygen atoms in total. The van der Waals surface area contributed by atoms with Gasteiger partial charge < -0.3 is 15.5 Å². The molecule has 1 aliphatic rings. The minimum atomic E-state index is 0.221. The predicted molar refractivity (Wildman–Crippen MR) is 87.2 cm³/mol. The highest BCUT2D eigenvalue weighted by molar-refractivity contribution is 5.76. The summed E-state index contributed by atoms with van der Waals surface area (Å²) in [5, 5.41) is 0. The summed E-state index contributed by atoms with van der Waals surface area (Å²) in [6.07, 6.45) is 3.15. The zero-order valence-electron chi connectivity index (χ0n) is 13.2. The summed E-state index contributed by atoms with van der Waals surface area (Å²) in [7, 11) is 1.91. The lowest BCUT2D eigenvalue weighted by molar-refractivity contribution is -0.130. The van der Waals surface area contributed by atoms with Crippen molar-refractivity contribution in [3.63, 3.8) is 0 Å². The van der Waals surface area contributed by atoms with Gasteiger partial charge in [-0.15, -0.1) is 0 Å². The van der Waals surface area contributed by atoms with Crippen molar-refractivity contribution in [2.24, 2.45) is 0 Å². The molecule has 4 heteroatoms. The molecule has 2 rings (SSSR count). The molecule has 1 amide bonds. The number of nitrogens with two attached hydrogens (primary N) is 1. The van der Waals surface area contributed by atoms with Gasteiger partial charge in [-0.25, -0.2) is 0 Å². The normalized spacial score (nSPS) is 16.9. The predicted octanol–water partition coefficient (Wildman–Crippen LogP) is 2.32. The highest BCUT2D eigenvalue weighted by Crippen LogP contribution is 2.20. The van der Waals surface area contributed by atoms with E-state index in [-0.39, 0.29) is 11.8 Å². The molecule has 0 saturated carbocycles. The van der Waals surface area contributed by atoms with Crippen molar-refractivity contribution in [1.82, 2.24) is 9.80 Å². The van der Waals surface area contributed by atoms with Crippen molar-refractivity contribution >= 4 is 11.6 Å². The summed E-state index contributed by atoms with van der Waals surface area (Å²) in [5.41, 5.74) is 7.63. The molecule has 0 radical (unpaired) electrons. The van der Waals surface area contributed by atoms with Crippen LogP contribution >= 0.6 is 0 Å². The van der Waals surface area contributed by atoms with Crippen molar-refractivity contribution in [3.8, 4) is 0 Å². The lowest BCUT2D eigenvalue weighted by Gasteiger charge is -2.23. The van der Waals surface area contributed by atoms with E-state index in [2.05, 4.69) is 11.8 Å². The summed E-state index contributed by atoms with van der Waals surface area (Å²) < 4.78 is 0. The van der Waals surface area contributed by atoms with Gasteiger partial charge in [0, 0.05) is 32.2 Å². The molecule has 1 fully saturated rings. The molecule has 1 heterocycles. The van der Waals surface area contributed by atoms with E-state index in [0.29, 0.717) is 6.42 Å². The van der Waals surface area contributed by atoms with Crippen LogP contribution in [0.25, 0.3) is 0 Å². The van der Waals surface area contributed by atoms with Crippen LogP contribution in [-0.4, -0.2) is 48.9 Å². The van der Waals surface area contributed by atoms with Crippen LogP contribution < -0.4 is 5.73 Å². The van der Waals surface area contributed by atoms with Crippen molar-refractivity contribution in [3.05, 3.63) is 29.8 Å². The summed E-state index contributed by atoms with van der Waals surface area (Å²) in [4.78, 5) is 16.6. The summed E-state index contributed by atoms with van der Waals surface area (Å²) in [6, 6.07) is 7.82. The molecule has 0 spiro atoms.